The molecule has 1 aromatic heterocycles. The molecule has 0 bridgehead atoms. The number of nitrogens with zero attached hydrogens (tertiary/aromatic N) is 1. The number of fused-ring (bicyclic) bond motifs is 1. The van der Waals surface area contributed by atoms with Gasteiger partial charge in [0.15, 0.2) is 9.84 Å². The van der Waals surface area contributed by atoms with Gasteiger partial charge in [-0.1, -0.05) is 29.3 Å². The molecular formula is C25H22Cl2N2O3S2. The van der Waals surface area contributed by atoms with Crippen molar-refractivity contribution in [2.24, 2.45) is 10.7 Å². The van der Waals surface area contributed by atoms with Gasteiger partial charge in [0.25, 0.3) is 0 Å². The highest BCUT2D eigenvalue weighted by atomic mass is 35.5. The van der Waals surface area contributed by atoms with Crippen LogP contribution in [-0.4, -0.2) is 20.5 Å². The first kappa shape index (κ1) is 24.5. The summed E-state index contributed by atoms with van der Waals surface area (Å²) in [6, 6.07) is 19.7. The van der Waals surface area contributed by atoms with Gasteiger partial charge in [-0.15, -0.1) is 11.3 Å². The molecule has 0 unspecified atom stereocenters. The summed E-state index contributed by atoms with van der Waals surface area (Å²) < 4.78 is 30.3. The molecule has 0 atom stereocenters. The van der Waals surface area contributed by atoms with E-state index in [4.69, 9.17) is 33.7 Å². The van der Waals surface area contributed by atoms with Crippen molar-refractivity contribution in [2.75, 3.05) is 6.26 Å². The maximum absolute atomic E-state index is 12.2. The van der Waals surface area contributed by atoms with Crippen LogP contribution in [0.3, 0.4) is 0 Å². The second-order valence-corrected chi connectivity index (χ2v) is 12.9. The Balaban J connectivity index is 1.64. The lowest BCUT2D eigenvalue weighted by Crippen LogP contribution is -2.27. The molecule has 176 valence electrons. The van der Waals surface area contributed by atoms with E-state index < -0.39 is 14.6 Å². The summed E-state index contributed by atoms with van der Waals surface area (Å²) in [5.41, 5.74) is 7.59. The van der Waals surface area contributed by atoms with Crippen molar-refractivity contribution in [2.45, 2.75) is 18.6 Å². The third-order valence-electron chi connectivity index (χ3n) is 5.55. The van der Waals surface area contributed by atoms with Gasteiger partial charge in [-0.05, 0) is 79.4 Å². The number of hydrogen-bond donors (Lipinski definition) is 1. The Morgan fingerprint density at radius 1 is 0.941 bits per heavy atom. The highest BCUT2D eigenvalue weighted by Gasteiger charge is 2.32. The maximum atomic E-state index is 12.2. The molecule has 0 saturated carbocycles. The smallest absolute Gasteiger partial charge is 0.156 e. The van der Waals surface area contributed by atoms with Gasteiger partial charge in [-0.3, -0.25) is 0 Å². The van der Waals surface area contributed by atoms with Gasteiger partial charge in [-0.2, -0.15) is 0 Å². The van der Waals surface area contributed by atoms with Crippen molar-refractivity contribution < 1.29 is 13.2 Å². The summed E-state index contributed by atoms with van der Waals surface area (Å²) in [6.07, 6.45) is 1.25. The van der Waals surface area contributed by atoms with Crippen molar-refractivity contribution >= 4 is 66.0 Å². The van der Waals surface area contributed by atoms with Crippen LogP contribution < -0.4 is 10.5 Å². The maximum Gasteiger partial charge on any atom is 0.156 e. The normalized spacial score (nSPS) is 12.8. The van der Waals surface area contributed by atoms with E-state index >= 15 is 0 Å². The van der Waals surface area contributed by atoms with Crippen molar-refractivity contribution in [1.29, 1.82) is 0 Å². The van der Waals surface area contributed by atoms with E-state index in [0.717, 1.165) is 20.5 Å². The number of rotatable bonds is 6. The third kappa shape index (κ3) is 5.23. The Kier molecular flexibility index (Phi) is 6.66. The Labute approximate surface area is 212 Å². The van der Waals surface area contributed by atoms with E-state index in [2.05, 4.69) is 4.99 Å². The van der Waals surface area contributed by atoms with Crippen LogP contribution in [0.25, 0.3) is 10.1 Å². The summed E-state index contributed by atoms with van der Waals surface area (Å²) >= 11 is 13.7. The molecule has 0 radical (unpaired) electrons. The fourth-order valence-corrected chi connectivity index (χ4v) is 5.11. The average Bonchev–Trinajstić information content (AvgIpc) is 3.18. The topological polar surface area (TPSA) is 81.8 Å². The number of nitrogens with two attached hydrogens (primary N) is 1. The zero-order chi connectivity index (χ0) is 24.7. The number of aliphatic imine (C=N–C) groups is 1. The Morgan fingerprint density at radius 3 is 2.32 bits per heavy atom. The Hall–Kier alpha value is -2.58. The number of sulfone groups is 1. The van der Waals surface area contributed by atoms with Gasteiger partial charge in [0, 0.05) is 27.1 Å². The molecule has 1 heterocycles. The molecule has 0 aliphatic rings. The number of halogens is 2. The second-order valence-electron chi connectivity index (χ2n) is 8.34. The van der Waals surface area contributed by atoms with Crippen LogP contribution in [0.15, 0.2) is 71.7 Å². The lowest BCUT2D eigenvalue weighted by atomic mass is 10.0. The Morgan fingerprint density at radius 2 is 1.65 bits per heavy atom. The molecule has 0 fully saturated rings. The molecule has 4 rings (SSSR count). The monoisotopic (exact) mass is 532 g/mol. The lowest BCUT2D eigenvalue weighted by molar-refractivity contribution is 0.483. The summed E-state index contributed by atoms with van der Waals surface area (Å²) in [6.45, 7) is 3.41. The number of hydrogen-bond acceptors (Lipinski definition) is 5. The molecule has 2 N–H and O–H groups in total. The van der Waals surface area contributed by atoms with Crippen molar-refractivity contribution in [3.8, 4) is 11.5 Å². The molecule has 9 heteroatoms. The van der Waals surface area contributed by atoms with Crippen molar-refractivity contribution in [1.82, 2.24) is 0 Å². The van der Waals surface area contributed by atoms with Gasteiger partial charge in [-0.25, -0.2) is 13.4 Å². The van der Waals surface area contributed by atoms with Gasteiger partial charge < -0.3 is 10.5 Å². The molecule has 0 aliphatic carbocycles. The zero-order valence-corrected chi connectivity index (χ0v) is 21.8. The third-order valence-corrected chi connectivity index (χ3v) is 9.24. The van der Waals surface area contributed by atoms with Crippen LogP contribution in [0.1, 0.15) is 24.3 Å². The lowest BCUT2D eigenvalue weighted by Gasteiger charge is -2.23. The van der Waals surface area contributed by atoms with Gasteiger partial charge in [0.05, 0.1) is 15.3 Å². The zero-order valence-electron chi connectivity index (χ0n) is 18.7. The number of benzene rings is 3. The second kappa shape index (κ2) is 9.23. The van der Waals surface area contributed by atoms with Gasteiger partial charge >= 0.3 is 0 Å². The number of thiophene rings is 1. The van der Waals surface area contributed by atoms with Crippen molar-refractivity contribution in [3.63, 3.8) is 0 Å². The molecule has 34 heavy (non-hydrogen) atoms. The standard InChI is InChI=1S/C25H22Cl2N2O3S2/c1-25(2,34(3,30)31)16-4-9-22-15(10-16)11-23(33-22)24(28)29-19-12-18(27)13-21(14-19)32-20-7-5-17(26)6-8-20/h4-14H,1-3H3,(H2,28,29). The summed E-state index contributed by atoms with van der Waals surface area (Å²) in [5.74, 6) is 1.46. The largest absolute Gasteiger partial charge is 0.457 e. The molecule has 5 nitrogen and oxygen atoms in total. The quantitative estimate of drug-likeness (QED) is 0.208. The fraction of sp³-hybridized carbons (Fsp3) is 0.160. The van der Waals surface area contributed by atoms with E-state index in [1.807, 2.05) is 24.3 Å². The highest BCUT2D eigenvalue weighted by molar-refractivity contribution is 7.91. The van der Waals surface area contributed by atoms with Crippen LogP contribution in [-0.2, 0) is 14.6 Å². The van der Waals surface area contributed by atoms with Gasteiger partial charge in [0.2, 0.25) is 0 Å². The first-order valence-electron chi connectivity index (χ1n) is 10.2. The molecule has 3 aromatic carbocycles. The van der Waals surface area contributed by atoms with E-state index in [-0.39, 0.29) is 0 Å². The summed E-state index contributed by atoms with van der Waals surface area (Å²) in [5, 5.41) is 1.99. The van der Waals surface area contributed by atoms with Crippen LogP contribution in [0.2, 0.25) is 10.0 Å². The van der Waals surface area contributed by atoms with Crippen LogP contribution >= 0.6 is 34.5 Å². The first-order valence-corrected chi connectivity index (χ1v) is 13.7. The predicted octanol–water partition coefficient (Wildman–Crippen LogP) is 7.32. The minimum atomic E-state index is -3.28. The summed E-state index contributed by atoms with van der Waals surface area (Å²) in [7, 11) is -3.28. The Bertz CT molecular complexity index is 1510. The van der Waals surface area contributed by atoms with E-state index in [1.54, 1.807) is 56.3 Å². The van der Waals surface area contributed by atoms with E-state index in [9.17, 15) is 8.42 Å². The minimum absolute atomic E-state index is 0.324. The molecule has 0 amide bonds. The molecule has 4 aromatic rings. The molecular weight excluding hydrogens is 511 g/mol. The minimum Gasteiger partial charge on any atom is -0.457 e. The van der Waals surface area contributed by atoms with Crippen LogP contribution in [0, 0.1) is 0 Å². The predicted molar refractivity (Wildman–Crippen MR) is 143 cm³/mol. The fourth-order valence-electron chi connectivity index (χ4n) is 3.26. The molecule has 0 spiro atoms. The van der Waals surface area contributed by atoms with E-state index in [0.29, 0.717) is 33.1 Å². The number of ether oxygens (including phenoxy) is 1. The highest BCUT2D eigenvalue weighted by Crippen LogP contribution is 2.35. The molecule has 0 aliphatic heterocycles. The first-order chi connectivity index (χ1) is 15.9. The summed E-state index contributed by atoms with van der Waals surface area (Å²) in [4.78, 5) is 5.30. The average molecular weight is 534 g/mol. The SMILES string of the molecule is CC(C)(c1ccc2sc(C(N)=Nc3cc(Cl)cc(Oc4ccc(Cl)cc4)c3)cc2c1)S(C)(=O)=O. The van der Waals surface area contributed by atoms with Crippen LogP contribution in [0.5, 0.6) is 11.5 Å². The van der Waals surface area contributed by atoms with Gasteiger partial charge in [0.1, 0.15) is 17.3 Å². The van der Waals surface area contributed by atoms with Crippen LogP contribution in [0.4, 0.5) is 5.69 Å². The molecule has 0 saturated heterocycles. The van der Waals surface area contributed by atoms with Crippen molar-refractivity contribution in [3.05, 3.63) is 87.2 Å². The number of amidine groups is 1. The van der Waals surface area contributed by atoms with E-state index in [1.165, 1.54) is 17.6 Å².